The van der Waals surface area contributed by atoms with Crippen LogP contribution in [0.3, 0.4) is 0 Å². The lowest BCUT2D eigenvalue weighted by atomic mass is 10.3. The lowest BCUT2D eigenvalue weighted by Crippen LogP contribution is -2.36. The van der Waals surface area contributed by atoms with Crippen LogP contribution in [0.25, 0.3) is 0 Å². The van der Waals surface area contributed by atoms with E-state index in [1.807, 2.05) is 0 Å². The number of nitrogens with one attached hydrogen (secondary N) is 1. The molecule has 0 rings (SSSR count). The maximum atomic E-state index is 11.6. The van der Waals surface area contributed by atoms with Crippen LogP contribution >= 0.6 is 0 Å². The van der Waals surface area contributed by atoms with Gasteiger partial charge in [-0.15, -0.1) is 0 Å². The second-order valence-corrected chi connectivity index (χ2v) is 3.96. The van der Waals surface area contributed by atoms with E-state index >= 15 is 0 Å². The van der Waals surface area contributed by atoms with Crippen LogP contribution in [-0.4, -0.2) is 20.5 Å². The van der Waals surface area contributed by atoms with Gasteiger partial charge in [0.05, 0.1) is 0 Å². The normalized spacial score (nSPS) is 13.3. The van der Waals surface area contributed by atoms with Crippen LogP contribution in [0.4, 0.5) is 13.2 Å². The Morgan fingerprint density at radius 2 is 1.83 bits per heavy atom. The van der Waals surface area contributed by atoms with Crippen LogP contribution in [0.1, 0.15) is 19.8 Å². The van der Waals surface area contributed by atoms with Crippen LogP contribution in [0, 0.1) is 0 Å². The maximum Gasteiger partial charge on any atom is 0.511 e. The Kier molecular flexibility index (Phi) is 3.98. The fourth-order valence-corrected chi connectivity index (χ4v) is 1.04. The van der Waals surface area contributed by atoms with E-state index in [4.69, 9.17) is 0 Å². The first kappa shape index (κ1) is 11.7. The average molecular weight is 205 g/mol. The van der Waals surface area contributed by atoms with E-state index in [0.717, 1.165) is 0 Å². The molecule has 0 radical (unpaired) electrons. The molecule has 3 nitrogen and oxygen atoms in total. The van der Waals surface area contributed by atoms with Gasteiger partial charge in [0, 0.05) is 6.54 Å². The molecule has 0 saturated heterocycles. The molecule has 0 fully saturated rings. The zero-order valence-electron chi connectivity index (χ0n) is 6.48. The smallest absolute Gasteiger partial charge is 0.207 e. The molecule has 0 aromatic heterocycles. The van der Waals surface area contributed by atoms with Crippen molar-refractivity contribution in [2.75, 3.05) is 6.54 Å². The third-order valence-electron chi connectivity index (χ3n) is 1.13. The van der Waals surface area contributed by atoms with Crippen molar-refractivity contribution in [3.63, 3.8) is 0 Å². The molecule has 7 heteroatoms. The average Bonchev–Trinajstić information content (AvgIpc) is 1.85. The highest BCUT2D eigenvalue weighted by molar-refractivity contribution is 7.90. The van der Waals surface area contributed by atoms with E-state index < -0.39 is 15.5 Å². The Balaban J connectivity index is 4.08. The van der Waals surface area contributed by atoms with E-state index in [-0.39, 0.29) is 6.54 Å². The Morgan fingerprint density at radius 3 is 2.17 bits per heavy atom. The van der Waals surface area contributed by atoms with Crippen LogP contribution < -0.4 is 4.72 Å². The second kappa shape index (κ2) is 4.08. The molecular formula is C5H10F3NO2S. The summed E-state index contributed by atoms with van der Waals surface area (Å²) in [5.74, 6) is 0. The highest BCUT2D eigenvalue weighted by Crippen LogP contribution is 2.21. The van der Waals surface area contributed by atoms with Gasteiger partial charge in [-0.1, -0.05) is 13.3 Å². The van der Waals surface area contributed by atoms with Gasteiger partial charge in [-0.2, -0.15) is 13.2 Å². The largest absolute Gasteiger partial charge is 0.511 e. The quantitative estimate of drug-likeness (QED) is 0.701. The Bertz CT molecular complexity index is 221. The monoisotopic (exact) mass is 205 g/mol. The van der Waals surface area contributed by atoms with Gasteiger partial charge in [-0.05, 0) is 6.42 Å². The summed E-state index contributed by atoms with van der Waals surface area (Å²) in [7, 11) is -5.12. The second-order valence-electron chi connectivity index (χ2n) is 2.20. The number of hydrogen-bond donors (Lipinski definition) is 1. The minimum atomic E-state index is -5.19. The molecule has 0 amide bonds. The Hall–Kier alpha value is -0.300. The molecule has 0 atom stereocenters. The number of alkyl halides is 3. The van der Waals surface area contributed by atoms with Crippen molar-refractivity contribution in [2.45, 2.75) is 25.3 Å². The van der Waals surface area contributed by atoms with E-state index in [1.165, 1.54) is 4.72 Å². The van der Waals surface area contributed by atoms with E-state index in [2.05, 4.69) is 0 Å². The van der Waals surface area contributed by atoms with Gasteiger partial charge in [-0.3, -0.25) is 0 Å². The summed E-state index contributed by atoms with van der Waals surface area (Å²) in [6.45, 7) is 1.58. The topological polar surface area (TPSA) is 46.2 Å². The Morgan fingerprint density at radius 1 is 1.33 bits per heavy atom. The molecule has 0 aliphatic rings. The summed E-state index contributed by atoms with van der Waals surface area (Å²) >= 11 is 0. The van der Waals surface area contributed by atoms with Crippen LogP contribution in [0.5, 0.6) is 0 Å². The number of unbranched alkanes of at least 4 members (excludes halogenated alkanes) is 1. The van der Waals surface area contributed by atoms with E-state index in [9.17, 15) is 21.6 Å². The van der Waals surface area contributed by atoms with Gasteiger partial charge in [0.2, 0.25) is 0 Å². The first-order chi connectivity index (χ1) is 5.31. The lowest BCUT2D eigenvalue weighted by Gasteiger charge is -2.08. The minimum absolute atomic E-state index is 0.168. The summed E-state index contributed by atoms with van der Waals surface area (Å²) in [4.78, 5) is 0. The van der Waals surface area contributed by atoms with Crippen LogP contribution in [-0.2, 0) is 10.0 Å². The fourth-order valence-electron chi connectivity index (χ4n) is 0.465. The number of hydrogen-bond acceptors (Lipinski definition) is 2. The molecule has 0 unspecified atom stereocenters. The summed E-state index contributed by atoms with van der Waals surface area (Å²) in [5.41, 5.74) is -5.19. The molecule has 0 bridgehead atoms. The fraction of sp³-hybridized carbons (Fsp3) is 1.00. The van der Waals surface area contributed by atoms with Crippen LogP contribution in [0.15, 0.2) is 0 Å². The van der Waals surface area contributed by atoms with Crippen molar-refractivity contribution in [2.24, 2.45) is 0 Å². The number of sulfonamides is 1. The molecule has 0 aromatic rings. The highest BCUT2D eigenvalue weighted by Gasteiger charge is 2.45. The van der Waals surface area contributed by atoms with Crippen molar-refractivity contribution in [3.05, 3.63) is 0 Å². The third-order valence-corrected chi connectivity index (χ3v) is 2.32. The van der Waals surface area contributed by atoms with Gasteiger partial charge < -0.3 is 0 Å². The van der Waals surface area contributed by atoms with E-state index in [1.54, 1.807) is 6.92 Å². The van der Waals surface area contributed by atoms with Crippen LogP contribution in [0.2, 0.25) is 0 Å². The summed E-state index contributed by atoms with van der Waals surface area (Å²) in [5, 5.41) is 0. The van der Waals surface area contributed by atoms with Crippen molar-refractivity contribution in [1.82, 2.24) is 4.72 Å². The zero-order valence-corrected chi connectivity index (χ0v) is 7.30. The molecule has 0 aliphatic heterocycles. The Labute approximate surface area is 69.0 Å². The molecule has 0 aromatic carbocycles. The molecule has 0 heterocycles. The molecule has 0 aliphatic carbocycles. The summed E-state index contributed by atoms with van der Waals surface area (Å²) in [6, 6.07) is 0. The summed E-state index contributed by atoms with van der Waals surface area (Å²) in [6.07, 6.45) is 1.04. The van der Waals surface area contributed by atoms with Gasteiger partial charge in [0.15, 0.2) is 0 Å². The maximum absolute atomic E-state index is 11.6. The van der Waals surface area contributed by atoms with Gasteiger partial charge in [0.25, 0.3) is 0 Å². The molecule has 1 N–H and O–H groups in total. The van der Waals surface area contributed by atoms with Crippen molar-refractivity contribution >= 4 is 10.0 Å². The first-order valence-electron chi connectivity index (χ1n) is 3.37. The molecular weight excluding hydrogens is 195 g/mol. The van der Waals surface area contributed by atoms with Crippen molar-refractivity contribution in [1.29, 1.82) is 0 Å². The van der Waals surface area contributed by atoms with E-state index in [0.29, 0.717) is 12.8 Å². The van der Waals surface area contributed by atoms with Crippen molar-refractivity contribution in [3.8, 4) is 0 Å². The zero-order chi connectivity index (χ0) is 9.83. The van der Waals surface area contributed by atoms with Gasteiger partial charge >= 0.3 is 15.5 Å². The predicted molar refractivity (Wildman–Crippen MR) is 37.9 cm³/mol. The molecule has 74 valence electrons. The highest BCUT2D eigenvalue weighted by atomic mass is 32.2. The van der Waals surface area contributed by atoms with Crippen molar-refractivity contribution < 1.29 is 21.6 Å². The molecule has 12 heavy (non-hydrogen) atoms. The SMILES string of the molecule is CCCCNS(=O)(=O)C(F)(F)F. The van der Waals surface area contributed by atoms with Gasteiger partial charge in [0.1, 0.15) is 0 Å². The number of halogens is 3. The van der Waals surface area contributed by atoms with Gasteiger partial charge in [-0.25, -0.2) is 13.1 Å². The minimum Gasteiger partial charge on any atom is -0.207 e. The lowest BCUT2D eigenvalue weighted by molar-refractivity contribution is -0.0447. The number of rotatable bonds is 4. The molecule has 0 spiro atoms. The third kappa shape index (κ3) is 3.40. The summed E-state index contributed by atoms with van der Waals surface area (Å²) < 4.78 is 56.9. The standard InChI is InChI=1S/C5H10F3NO2S/c1-2-3-4-9-12(10,11)5(6,7)8/h9H,2-4H2,1H3. The molecule has 0 saturated carbocycles. The predicted octanol–water partition coefficient (Wildman–Crippen LogP) is 1.23. The first-order valence-corrected chi connectivity index (χ1v) is 4.85.